The fourth-order valence-corrected chi connectivity index (χ4v) is 3.55. The van der Waals surface area contributed by atoms with Gasteiger partial charge in [0.05, 0.1) is 0 Å². The maximum atomic E-state index is 6.16. The molecular weight excluding hydrogens is 356 g/mol. The Morgan fingerprint density at radius 1 is 1.22 bits per heavy atom. The van der Waals surface area contributed by atoms with Crippen LogP contribution in [-0.4, -0.2) is 31.7 Å². The van der Waals surface area contributed by atoms with Gasteiger partial charge in [0.2, 0.25) is 0 Å². The first kappa shape index (κ1) is 21.6. The van der Waals surface area contributed by atoms with Gasteiger partial charge in [-0.05, 0) is 76.3 Å². The van der Waals surface area contributed by atoms with Crippen LogP contribution in [0.4, 0.5) is 5.69 Å². The van der Waals surface area contributed by atoms with Crippen molar-refractivity contribution in [3.8, 4) is 0 Å². The predicted molar refractivity (Wildman–Crippen MR) is 118 cm³/mol. The van der Waals surface area contributed by atoms with Crippen LogP contribution in [0.25, 0.3) is 0 Å². The van der Waals surface area contributed by atoms with Crippen molar-refractivity contribution < 1.29 is 0 Å². The van der Waals surface area contributed by atoms with Crippen LogP contribution in [0.15, 0.2) is 47.8 Å². The average Bonchev–Trinajstić information content (AvgIpc) is 2.65. The van der Waals surface area contributed by atoms with E-state index in [-0.39, 0.29) is 5.54 Å². The Hall–Kier alpha value is -1.65. The van der Waals surface area contributed by atoms with Gasteiger partial charge in [-0.1, -0.05) is 18.2 Å². The number of nitrogens with one attached hydrogen (secondary N) is 2. The first-order valence-electron chi connectivity index (χ1n) is 9.98. The van der Waals surface area contributed by atoms with Crippen molar-refractivity contribution in [2.45, 2.75) is 52.0 Å². The van der Waals surface area contributed by atoms with Gasteiger partial charge in [0.15, 0.2) is 0 Å². The fourth-order valence-electron chi connectivity index (χ4n) is 3.42. The molecule has 0 heterocycles. The zero-order valence-electron chi connectivity index (χ0n) is 17.1. The number of benzene rings is 1. The summed E-state index contributed by atoms with van der Waals surface area (Å²) in [6, 6.07) is 8.03. The van der Waals surface area contributed by atoms with Gasteiger partial charge in [-0.3, -0.25) is 0 Å². The van der Waals surface area contributed by atoms with Gasteiger partial charge in [0.1, 0.15) is 0 Å². The summed E-state index contributed by atoms with van der Waals surface area (Å²) in [5.41, 5.74) is 10.5. The second-order valence-electron chi connectivity index (χ2n) is 7.91. The van der Waals surface area contributed by atoms with Crippen molar-refractivity contribution >= 4 is 17.3 Å². The highest BCUT2D eigenvalue weighted by Gasteiger charge is 2.19. The van der Waals surface area contributed by atoms with E-state index < -0.39 is 0 Å². The van der Waals surface area contributed by atoms with Gasteiger partial charge >= 0.3 is 0 Å². The van der Waals surface area contributed by atoms with Crippen molar-refractivity contribution in [3.63, 3.8) is 0 Å². The first-order chi connectivity index (χ1) is 12.8. The summed E-state index contributed by atoms with van der Waals surface area (Å²) >= 11 is 5.99. The maximum Gasteiger partial charge on any atom is 0.0407 e. The molecule has 0 unspecified atom stereocenters. The fraction of sp³-hybridized carbons (Fsp3) is 0.545. The van der Waals surface area contributed by atoms with E-state index in [0.717, 1.165) is 55.4 Å². The molecule has 0 spiro atoms. The van der Waals surface area contributed by atoms with E-state index in [1.807, 2.05) is 12.1 Å². The van der Waals surface area contributed by atoms with E-state index in [1.165, 1.54) is 24.1 Å². The third kappa shape index (κ3) is 6.78. The van der Waals surface area contributed by atoms with Gasteiger partial charge in [-0.2, -0.15) is 0 Å². The van der Waals surface area contributed by atoms with Crippen molar-refractivity contribution in [2.75, 3.05) is 31.1 Å². The number of allylic oxidation sites excluding steroid dienone is 2. The Morgan fingerprint density at radius 2 is 1.89 bits per heavy atom. The number of anilines is 1. The lowest BCUT2D eigenvalue weighted by Gasteiger charge is -2.31. The summed E-state index contributed by atoms with van der Waals surface area (Å²) in [6.07, 6.45) is 4.43. The van der Waals surface area contributed by atoms with Crippen LogP contribution in [0.1, 0.15) is 46.5 Å². The van der Waals surface area contributed by atoms with Crippen molar-refractivity contribution in [2.24, 2.45) is 5.73 Å². The predicted octanol–water partition coefficient (Wildman–Crippen LogP) is 4.42. The van der Waals surface area contributed by atoms with Crippen LogP contribution in [0.2, 0.25) is 5.02 Å². The molecule has 150 valence electrons. The van der Waals surface area contributed by atoms with Crippen LogP contribution in [0, 0.1) is 0 Å². The summed E-state index contributed by atoms with van der Waals surface area (Å²) in [7, 11) is 0. The molecule has 0 aliphatic heterocycles. The highest BCUT2D eigenvalue weighted by atomic mass is 35.5. The largest absolute Gasteiger partial charge is 0.402 e. The molecule has 0 bridgehead atoms. The van der Waals surface area contributed by atoms with Crippen LogP contribution in [0.3, 0.4) is 0 Å². The van der Waals surface area contributed by atoms with E-state index in [0.29, 0.717) is 0 Å². The number of hydrogen-bond acceptors (Lipinski definition) is 4. The van der Waals surface area contributed by atoms with Gasteiger partial charge < -0.3 is 21.3 Å². The quantitative estimate of drug-likeness (QED) is 0.553. The second-order valence-corrected chi connectivity index (χ2v) is 8.35. The second kappa shape index (κ2) is 10.0. The van der Waals surface area contributed by atoms with Crippen molar-refractivity contribution in [1.29, 1.82) is 0 Å². The number of rotatable bonds is 10. The van der Waals surface area contributed by atoms with Gasteiger partial charge in [0, 0.05) is 53.8 Å². The van der Waals surface area contributed by atoms with Crippen LogP contribution in [-0.2, 0) is 0 Å². The van der Waals surface area contributed by atoms with E-state index in [1.54, 1.807) is 0 Å². The molecule has 0 saturated carbocycles. The monoisotopic (exact) mass is 390 g/mol. The van der Waals surface area contributed by atoms with E-state index in [2.05, 4.69) is 55.0 Å². The molecule has 27 heavy (non-hydrogen) atoms. The Morgan fingerprint density at radius 3 is 2.52 bits per heavy atom. The lowest BCUT2D eigenvalue weighted by molar-refractivity contribution is 0.380. The minimum atomic E-state index is -0.0354. The Kier molecular flexibility index (Phi) is 8.06. The Labute approximate surface area is 169 Å². The Balaban J connectivity index is 1.79. The number of halogens is 1. The molecular formula is C22H35ClN4. The topological polar surface area (TPSA) is 53.3 Å². The number of hydrogen-bond donors (Lipinski definition) is 3. The molecule has 4 N–H and O–H groups in total. The molecule has 1 aromatic carbocycles. The van der Waals surface area contributed by atoms with E-state index >= 15 is 0 Å². The normalized spacial score (nSPS) is 15.0. The van der Waals surface area contributed by atoms with E-state index in [9.17, 15) is 0 Å². The summed E-state index contributed by atoms with van der Waals surface area (Å²) in [5, 5.41) is 7.92. The van der Waals surface area contributed by atoms with Crippen molar-refractivity contribution in [3.05, 3.63) is 52.8 Å². The number of likely N-dealkylation sites (N-methyl/N-ethyl adjacent to an activating group) is 1. The summed E-state index contributed by atoms with van der Waals surface area (Å²) < 4.78 is 0. The molecule has 1 aliphatic carbocycles. The molecule has 2 rings (SSSR count). The highest BCUT2D eigenvalue weighted by Crippen LogP contribution is 2.25. The molecule has 0 saturated heterocycles. The molecule has 1 aliphatic rings. The summed E-state index contributed by atoms with van der Waals surface area (Å²) in [4.78, 5) is 2.35. The SMILES string of the molecule is C=C(NCC(C)(C)NCCN(CC)c1ccc(Cl)cc1)C1=C(N)CCCC1. The standard InChI is InChI=1S/C22H35ClN4/c1-5-27(19-12-10-18(23)11-13-19)15-14-26-22(3,4)16-25-17(2)20-8-6-7-9-21(20)24/h10-13,25-26H,2,5-9,14-16,24H2,1,3-4H3. The Bertz CT molecular complexity index is 649. The number of nitrogens with zero attached hydrogens (tertiary/aromatic N) is 1. The first-order valence-corrected chi connectivity index (χ1v) is 10.4. The molecule has 5 heteroatoms. The minimum Gasteiger partial charge on any atom is -0.402 e. The van der Waals surface area contributed by atoms with E-state index in [4.69, 9.17) is 17.3 Å². The van der Waals surface area contributed by atoms with Gasteiger partial charge in [-0.25, -0.2) is 0 Å². The average molecular weight is 391 g/mol. The molecule has 0 radical (unpaired) electrons. The smallest absolute Gasteiger partial charge is 0.0407 e. The zero-order chi connectivity index (χ0) is 19.9. The molecule has 0 fully saturated rings. The third-order valence-corrected chi connectivity index (χ3v) is 5.43. The molecule has 0 atom stereocenters. The lowest BCUT2D eigenvalue weighted by Crippen LogP contribution is -2.50. The highest BCUT2D eigenvalue weighted by molar-refractivity contribution is 6.30. The molecule has 0 aromatic heterocycles. The van der Waals surface area contributed by atoms with Crippen LogP contribution in [0.5, 0.6) is 0 Å². The molecule has 4 nitrogen and oxygen atoms in total. The van der Waals surface area contributed by atoms with Crippen LogP contribution >= 0.6 is 11.6 Å². The number of nitrogens with two attached hydrogens (primary N) is 1. The summed E-state index contributed by atoms with van der Waals surface area (Å²) in [6.45, 7) is 14.4. The van der Waals surface area contributed by atoms with Gasteiger partial charge in [-0.15, -0.1) is 0 Å². The summed E-state index contributed by atoms with van der Waals surface area (Å²) in [5.74, 6) is 0. The zero-order valence-corrected chi connectivity index (χ0v) is 17.8. The molecule has 1 aromatic rings. The molecule has 0 amide bonds. The maximum absolute atomic E-state index is 6.16. The van der Waals surface area contributed by atoms with Crippen molar-refractivity contribution in [1.82, 2.24) is 10.6 Å². The third-order valence-electron chi connectivity index (χ3n) is 5.18. The lowest BCUT2D eigenvalue weighted by atomic mass is 9.94. The van der Waals surface area contributed by atoms with Crippen LogP contribution < -0.4 is 21.3 Å². The minimum absolute atomic E-state index is 0.0354. The van der Waals surface area contributed by atoms with Gasteiger partial charge in [0.25, 0.3) is 0 Å².